The SMILES string of the molecule is CC(C)c1cc(C(=O)N2CCCCC2CCn2cccn2)on1. The Hall–Kier alpha value is -2.11. The number of amides is 1. The topological polar surface area (TPSA) is 64.2 Å². The highest BCUT2D eigenvalue weighted by Crippen LogP contribution is 2.23. The van der Waals surface area contributed by atoms with Gasteiger partial charge in [0.05, 0.1) is 5.69 Å². The third-order valence-corrected chi connectivity index (χ3v) is 4.47. The molecular formula is C17H24N4O2. The zero-order chi connectivity index (χ0) is 16.2. The van der Waals surface area contributed by atoms with Crippen LogP contribution in [0.3, 0.4) is 0 Å². The van der Waals surface area contributed by atoms with Gasteiger partial charge in [0.2, 0.25) is 5.76 Å². The van der Waals surface area contributed by atoms with Gasteiger partial charge in [0.25, 0.3) is 5.91 Å². The summed E-state index contributed by atoms with van der Waals surface area (Å²) >= 11 is 0. The molecule has 3 heterocycles. The Labute approximate surface area is 136 Å². The van der Waals surface area contributed by atoms with Gasteiger partial charge in [0.15, 0.2) is 0 Å². The van der Waals surface area contributed by atoms with Gasteiger partial charge >= 0.3 is 0 Å². The van der Waals surface area contributed by atoms with Gasteiger partial charge < -0.3 is 9.42 Å². The van der Waals surface area contributed by atoms with Crippen LogP contribution in [0.25, 0.3) is 0 Å². The molecule has 0 spiro atoms. The molecule has 0 N–H and O–H groups in total. The van der Waals surface area contributed by atoms with Crippen LogP contribution in [0.5, 0.6) is 0 Å². The number of rotatable bonds is 5. The molecule has 1 unspecified atom stereocenters. The highest BCUT2D eigenvalue weighted by molar-refractivity contribution is 5.91. The molecule has 0 saturated carbocycles. The van der Waals surface area contributed by atoms with Crippen LogP contribution in [-0.2, 0) is 6.54 Å². The van der Waals surface area contributed by atoms with Gasteiger partial charge in [-0.2, -0.15) is 5.10 Å². The maximum Gasteiger partial charge on any atom is 0.292 e. The maximum atomic E-state index is 12.8. The third-order valence-electron chi connectivity index (χ3n) is 4.47. The van der Waals surface area contributed by atoms with E-state index in [4.69, 9.17) is 4.52 Å². The van der Waals surface area contributed by atoms with Crippen LogP contribution in [0, 0.1) is 0 Å². The fourth-order valence-electron chi connectivity index (χ4n) is 3.09. The predicted octanol–water partition coefficient (Wildman–Crippen LogP) is 3.08. The first-order valence-electron chi connectivity index (χ1n) is 8.40. The lowest BCUT2D eigenvalue weighted by atomic mass is 9.99. The third kappa shape index (κ3) is 3.63. The summed E-state index contributed by atoms with van der Waals surface area (Å²) in [5, 5.41) is 8.24. The molecule has 2 aromatic rings. The number of aryl methyl sites for hydroxylation is 1. The zero-order valence-corrected chi connectivity index (χ0v) is 13.8. The molecule has 1 aliphatic heterocycles. The largest absolute Gasteiger partial charge is 0.351 e. The molecule has 1 amide bonds. The van der Waals surface area contributed by atoms with Crippen LogP contribution < -0.4 is 0 Å². The van der Waals surface area contributed by atoms with Crippen LogP contribution in [0.1, 0.15) is 61.7 Å². The predicted molar refractivity (Wildman–Crippen MR) is 86.1 cm³/mol. The Bertz CT molecular complexity index is 633. The van der Waals surface area contributed by atoms with E-state index in [0.29, 0.717) is 5.76 Å². The van der Waals surface area contributed by atoms with Gasteiger partial charge in [0, 0.05) is 37.6 Å². The number of likely N-dealkylation sites (tertiary alicyclic amines) is 1. The minimum Gasteiger partial charge on any atom is -0.351 e. The Morgan fingerprint density at radius 3 is 3.00 bits per heavy atom. The van der Waals surface area contributed by atoms with Crippen molar-refractivity contribution in [3.8, 4) is 0 Å². The molecular weight excluding hydrogens is 292 g/mol. The van der Waals surface area contributed by atoms with Crippen molar-refractivity contribution < 1.29 is 9.32 Å². The molecule has 1 atom stereocenters. The highest BCUT2D eigenvalue weighted by atomic mass is 16.5. The number of hydrogen-bond donors (Lipinski definition) is 0. The van der Waals surface area contributed by atoms with Crippen LogP contribution in [0.2, 0.25) is 0 Å². The summed E-state index contributed by atoms with van der Waals surface area (Å²) in [6.45, 7) is 5.70. The standard InChI is InChI=1S/C17H24N4O2/c1-13(2)15-12-16(23-19-15)17(22)21-10-4-3-6-14(21)7-11-20-9-5-8-18-20/h5,8-9,12-14H,3-4,6-7,10-11H2,1-2H3. The quantitative estimate of drug-likeness (QED) is 0.850. The zero-order valence-electron chi connectivity index (χ0n) is 13.8. The average Bonchev–Trinajstić information content (AvgIpc) is 3.24. The van der Waals surface area contributed by atoms with E-state index in [-0.39, 0.29) is 17.9 Å². The van der Waals surface area contributed by atoms with Crippen molar-refractivity contribution in [1.82, 2.24) is 19.8 Å². The monoisotopic (exact) mass is 316 g/mol. The Kier molecular flexibility index (Phi) is 4.79. The molecule has 6 heteroatoms. The van der Waals surface area contributed by atoms with Crippen molar-refractivity contribution in [2.75, 3.05) is 6.54 Å². The van der Waals surface area contributed by atoms with Gasteiger partial charge in [-0.1, -0.05) is 19.0 Å². The second-order valence-corrected chi connectivity index (χ2v) is 6.48. The van der Waals surface area contributed by atoms with Crippen molar-refractivity contribution in [3.63, 3.8) is 0 Å². The lowest BCUT2D eigenvalue weighted by Gasteiger charge is -2.35. The molecule has 0 radical (unpaired) electrons. The summed E-state index contributed by atoms with van der Waals surface area (Å²) in [5.74, 6) is 0.589. The van der Waals surface area contributed by atoms with E-state index in [1.165, 1.54) is 6.42 Å². The molecule has 0 bridgehead atoms. The number of nitrogens with zero attached hydrogens (tertiary/aromatic N) is 4. The minimum absolute atomic E-state index is 0.0328. The van der Waals surface area contributed by atoms with E-state index >= 15 is 0 Å². The highest BCUT2D eigenvalue weighted by Gasteiger charge is 2.29. The van der Waals surface area contributed by atoms with Crippen LogP contribution in [0.15, 0.2) is 29.0 Å². The summed E-state index contributed by atoms with van der Waals surface area (Å²) < 4.78 is 7.20. The smallest absolute Gasteiger partial charge is 0.292 e. The molecule has 23 heavy (non-hydrogen) atoms. The fourth-order valence-corrected chi connectivity index (χ4v) is 3.09. The summed E-state index contributed by atoms with van der Waals surface area (Å²) in [7, 11) is 0. The lowest BCUT2D eigenvalue weighted by molar-refractivity contribution is 0.0552. The average molecular weight is 316 g/mol. The van der Waals surface area contributed by atoms with E-state index in [9.17, 15) is 4.79 Å². The molecule has 1 fully saturated rings. The number of aromatic nitrogens is 3. The summed E-state index contributed by atoms with van der Waals surface area (Å²) in [6.07, 6.45) is 7.92. The molecule has 1 aliphatic rings. The van der Waals surface area contributed by atoms with E-state index in [1.807, 2.05) is 35.7 Å². The van der Waals surface area contributed by atoms with Gasteiger partial charge in [0.1, 0.15) is 0 Å². The summed E-state index contributed by atoms with van der Waals surface area (Å²) in [5.41, 5.74) is 0.832. The second kappa shape index (κ2) is 6.98. The molecule has 0 aliphatic carbocycles. The van der Waals surface area contributed by atoms with E-state index in [2.05, 4.69) is 10.3 Å². The first-order valence-corrected chi connectivity index (χ1v) is 8.40. The number of carbonyl (C=O) groups excluding carboxylic acids is 1. The first-order chi connectivity index (χ1) is 11.1. The molecule has 2 aromatic heterocycles. The van der Waals surface area contributed by atoms with Gasteiger partial charge in [-0.3, -0.25) is 9.48 Å². The Morgan fingerprint density at radius 1 is 1.43 bits per heavy atom. The fraction of sp³-hybridized carbons (Fsp3) is 0.588. The maximum absolute atomic E-state index is 12.8. The number of hydrogen-bond acceptors (Lipinski definition) is 4. The summed E-state index contributed by atoms with van der Waals surface area (Å²) in [4.78, 5) is 14.7. The lowest BCUT2D eigenvalue weighted by Crippen LogP contribution is -2.44. The van der Waals surface area contributed by atoms with E-state index in [0.717, 1.165) is 38.0 Å². The van der Waals surface area contributed by atoms with E-state index in [1.54, 1.807) is 12.3 Å². The minimum atomic E-state index is -0.0328. The molecule has 0 aromatic carbocycles. The summed E-state index contributed by atoms with van der Waals surface area (Å²) in [6, 6.07) is 3.95. The van der Waals surface area contributed by atoms with Crippen LogP contribution in [-0.4, -0.2) is 38.3 Å². The van der Waals surface area contributed by atoms with Crippen molar-refractivity contribution in [3.05, 3.63) is 36.0 Å². The molecule has 6 nitrogen and oxygen atoms in total. The number of carbonyl (C=O) groups is 1. The van der Waals surface area contributed by atoms with Crippen LogP contribution in [0.4, 0.5) is 0 Å². The molecule has 124 valence electrons. The molecule has 3 rings (SSSR count). The van der Waals surface area contributed by atoms with Crippen LogP contribution >= 0.6 is 0 Å². The van der Waals surface area contributed by atoms with Crippen molar-refractivity contribution in [2.24, 2.45) is 0 Å². The normalized spacial score (nSPS) is 18.6. The Balaban J connectivity index is 1.68. The molecule has 1 saturated heterocycles. The Morgan fingerprint density at radius 2 is 2.30 bits per heavy atom. The van der Waals surface area contributed by atoms with Crippen molar-refractivity contribution in [1.29, 1.82) is 0 Å². The van der Waals surface area contributed by atoms with Gasteiger partial charge in [-0.05, 0) is 37.7 Å². The van der Waals surface area contributed by atoms with Gasteiger partial charge in [-0.25, -0.2) is 0 Å². The van der Waals surface area contributed by atoms with Crippen molar-refractivity contribution >= 4 is 5.91 Å². The first kappa shape index (κ1) is 15.8. The second-order valence-electron chi connectivity index (χ2n) is 6.48. The van der Waals surface area contributed by atoms with Crippen molar-refractivity contribution in [2.45, 2.75) is 58.0 Å². The van der Waals surface area contributed by atoms with Gasteiger partial charge in [-0.15, -0.1) is 0 Å². The number of piperidine rings is 1. The van der Waals surface area contributed by atoms with E-state index < -0.39 is 0 Å².